The summed E-state index contributed by atoms with van der Waals surface area (Å²) in [7, 11) is -3.89. The summed E-state index contributed by atoms with van der Waals surface area (Å²) in [6, 6.07) is 4.08. The minimum absolute atomic E-state index is 0.0631. The van der Waals surface area contributed by atoms with Crippen LogP contribution < -0.4 is 4.72 Å². The minimum Gasteiger partial charge on any atom is -0.277 e. The molecule has 0 aliphatic carbocycles. The molecule has 102 valence electrons. The van der Waals surface area contributed by atoms with E-state index in [1.165, 1.54) is 17.4 Å². The van der Waals surface area contributed by atoms with Crippen molar-refractivity contribution in [3.8, 4) is 0 Å². The van der Waals surface area contributed by atoms with E-state index in [2.05, 4.69) is 20.7 Å². The molecule has 1 aromatic carbocycles. The highest BCUT2D eigenvalue weighted by molar-refractivity contribution is 9.11. The Hall–Kier alpha value is -0.990. The summed E-state index contributed by atoms with van der Waals surface area (Å²) in [5.74, 6) is -1.73. The van der Waals surface area contributed by atoms with Gasteiger partial charge in [0.2, 0.25) is 0 Å². The van der Waals surface area contributed by atoms with E-state index >= 15 is 0 Å². The molecule has 0 amide bonds. The highest BCUT2D eigenvalue weighted by Crippen LogP contribution is 2.31. The van der Waals surface area contributed by atoms with E-state index in [4.69, 9.17) is 0 Å². The molecule has 1 N–H and O–H groups in total. The lowest BCUT2D eigenvalue weighted by Gasteiger charge is -2.08. The Morgan fingerprint density at radius 1 is 1.26 bits per heavy atom. The van der Waals surface area contributed by atoms with Crippen LogP contribution in [-0.2, 0) is 10.0 Å². The molecule has 1 aromatic heterocycles. The van der Waals surface area contributed by atoms with E-state index < -0.39 is 21.7 Å². The molecule has 0 saturated heterocycles. The number of thiophene rings is 1. The third-order valence-corrected chi connectivity index (χ3v) is 5.48. The lowest BCUT2D eigenvalue weighted by molar-refractivity contribution is 0.582. The Morgan fingerprint density at radius 2 is 1.95 bits per heavy atom. The van der Waals surface area contributed by atoms with Gasteiger partial charge in [-0.3, -0.25) is 4.72 Å². The van der Waals surface area contributed by atoms with E-state index in [-0.39, 0.29) is 10.6 Å². The molecular weight excluding hydrogens is 360 g/mol. The highest BCUT2D eigenvalue weighted by atomic mass is 79.9. The van der Waals surface area contributed by atoms with Crippen LogP contribution in [0.25, 0.3) is 0 Å². The zero-order valence-corrected chi connectivity index (χ0v) is 12.8. The Morgan fingerprint density at radius 3 is 2.47 bits per heavy atom. The fraction of sp³-hybridized carbons (Fsp3) is 0.0909. The first-order chi connectivity index (χ1) is 8.79. The molecular formula is C11H8BrF2NO2S2. The van der Waals surface area contributed by atoms with Gasteiger partial charge in [0, 0.05) is 10.9 Å². The van der Waals surface area contributed by atoms with Gasteiger partial charge in [0.05, 0.1) is 9.47 Å². The van der Waals surface area contributed by atoms with Gasteiger partial charge in [-0.1, -0.05) is 0 Å². The summed E-state index contributed by atoms with van der Waals surface area (Å²) in [5, 5.41) is 0. The summed E-state index contributed by atoms with van der Waals surface area (Å²) in [4.78, 5) is 0.634. The summed E-state index contributed by atoms with van der Waals surface area (Å²) in [6.07, 6.45) is 0. The zero-order chi connectivity index (χ0) is 14.2. The van der Waals surface area contributed by atoms with Gasteiger partial charge in [-0.25, -0.2) is 17.2 Å². The van der Waals surface area contributed by atoms with Crippen LogP contribution in [0, 0.1) is 18.6 Å². The molecule has 0 fully saturated rings. The first kappa shape index (κ1) is 14.4. The molecule has 0 radical (unpaired) electrons. The second kappa shape index (κ2) is 5.18. The van der Waals surface area contributed by atoms with Gasteiger partial charge < -0.3 is 0 Å². The average Bonchev–Trinajstić information content (AvgIpc) is 2.63. The van der Waals surface area contributed by atoms with Crippen molar-refractivity contribution in [1.82, 2.24) is 0 Å². The van der Waals surface area contributed by atoms with E-state index in [1.54, 1.807) is 6.92 Å². The van der Waals surface area contributed by atoms with Crippen LogP contribution in [0.5, 0.6) is 0 Å². The fourth-order valence-electron chi connectivity index (χ4n) is 1.47. The maximum absolute atomic E-state index is 13.4. The highest BCUT2D eigenvalue weighted by Gasteiger charge is 2.21. The number of rotatable bonds is 3. The molecule has 2 aromatic rings. The first-order valence-electron chi connectivity index (χ1n) is 5.03. The number of nitrogens with one attached hydrogen (secondary N) is 1. The van der Waals surface area contributed by atoms with Crippen molar-refractivity contribution in [2.24, 2.45) is 0 Å². The van der Waals surface area contributed by atoms with E-state index in [9.17, 15) is 17.2 Å². The molecule has 0 atom stereocenters. The molecule has 19 heavy (non-hydrogen) atoms. The molecule has 0 aliphatic heterocycles. The second-order valence-electron chi connectivity index (χ2n) is 3.70. The molecule has 3 nitrogen and oxygen atoms in total. The quantitative estimate of drug-likeness (QED) is 0.893. The summed E-state index contributed by atoms with van der Waals surface area (Å²) in [6.45, 7) is 1.64. The molecule has 0 bridgehead atoms. The van der Waals surface area contributed by atoms with Crippen LogP contribution in [0.3, 0.4) is 0 Å². The topological polar surface area (TPSA) is 46.2 Å². The van der Waals surface area contributed by atoms with Crippen LogP contribution >= 0.6 is 27.3 Å². The van der Waals surface area contributed by atoms with Gasteiger partial charge in [-0.15, -0.1) is 11.3 Å². The molecule has 0 unspecified atom stereocenters. The van der Waals surface area contributed by atoms with Gasteiger partial charge in [0.25, 0.3) is 10.0 Å². The normalized spacial score (nSPS) is 11.6. The zero-order valence-electron chi connectivity index (χ0n) is 9.58. The third kappa shape index (κ3) is 3.13. The second-order valence-corrected chi connectivity index (χ2v) is 7.99. The largest absolute Gasteiger partial charge is 0.277 e. The predicted molar refractivity (Wildman–Crippen MR) is 73.9 cm³/mol. The van der Waals surface area contributed by atoms with Crippen molar-refractivity contribution < 1.29 is 17.2 Å². The predicted octanol–water partition coefficient (Wildman–Crippen LogP) is 3.90. The Balaban J connectivity index is 2.39. The molecule has 0 spiro atoms. The SMILES string of the molecule is Cc1sc(Br)cc1S(=O)(=O)Nc1ccc(F)cc1F. The maximum atomic E-state index is 13.4. The minimum atomic E-state index is -3.89. The van der Waals surface area contributed by atoms with Gasteiger partial charge in [-0.05, 0) is 41.1 Å². The van der Waals surface area contributed by atoms with Gasteiger partial charge in [0.15, 0.2) is 0 Å². The summed E-state index contributed by atoms with van der Waals surface area (Å²) >= 11 is 4.44. The van der Waals surface area contributed by atoms with Gasteiger partial charge in [-0.2, -0.15) is 0 Å². The lowest BCUT2D eigenvalue weighted by atomic mass is 10.3. The van der Waals surface area contributed by atoms with Crippen molar-refractivity contribution in [3.05, 3.63) is 44.6 Å². The number of halogens is 3. The Kier molecular flexibility index (Phi) is 3.93. The molecule has 1 heterocycles. The van der Waals surface area contributed by atoms with Crippen molar-refractivity contribution in [1.29, 1.82) is 0 Å². The Bertz CT molecular complexity index is 728. The molecule has 2 rings (SSSR count). The van der Waals surface area contributed by atoms with Gasteiger partial charge >= 0.3 is 0 Å². The number of aryl methyl sites for hydroxylation is 1. The third-order valence-electron chi connectivity index (χ3n) is 2.31. The van der Waals surface area contributed by atoms with Crippen LogP contribution in [0.1, 0.15) is 4.88 Å². The maximum Gasteiger partial charge on any atom is 0.263 e. The summed E-state index contributed by atoms with van der Waals surface area (Å²) < 4.78 is 53.1. The van der Waals surface area contributed by atoms with Crippen molar-refractivity contribution in [2.45, 2.75) is 11.8 Å². The van der Waals surface area contributed by atoms with E-state index in [1.807, 2.05) is 0 Å². The monoisotopic (exact) mass is 367 g/mol. The number of benzene rings is 1. The van der Waals surface area contributed by atoms with Crippen LogP contribution in [0.4, 0.5) is 14.5 Å². The number of anilines is 1. The van der Waals surface area contributed by atoms with Crippen molar-refractivity contribution in [3.63, 3.8) is 0 Å². The van der Waals surface area contributed by atoms with Crippen molar-refractivity contribution >= 4 is 43.0 Å². The first-order valence-corrected chi connectivity index (χ1v) is 8.12. The molecule has 8 heteroatoms. The van der Waals surface area contributed by atoms with Crippen LogP contribution in [0.2, 0.25) is 0 Å². The van der Waals surface area contributed by atoms with E-state index in [0.717, 1.165) is 12.1 Å². The van der Waals surface area contributed by atoms with Crippen LogP contribution in [0.15, 0.2) is 32.9 Å². The van der Waals surface area contributed by atoms with Crippen LogP contribution in [-0.4, -0.2) is 8.42 Å². The number of hydrogen-bond acceptors (Lipinski definition) is 3. The fourth-order valence-corrected chi connectivity index (χ4v) is 4.95. The van der Waals surface area contributed by atoms with Crippen molar-refractivity contribution in [2.75, 3.05) is 4.72 Å². The number of hydrogen-bond donors (Lipinski definition) is 1. The Labute approximate surface area is 121 Å². The van der Waals surface area contributed by atoms with Gasteiger partial charge in [0.1, 0.15) is 16.5 Å². The molecule has 0 saturated carbocycles. The number of sulfonamides is 1. The van der Waals surface area contributed by atoms with E-state index in [0.29, 0.717) is 14.7 Å². The average molecular weight is 368 g/mol. The summed E-state index contributed by atoms with van der Waals surface area (Å²) in [5.41, 5.74) is -0.289. The smallest absolute Gasteiger partial charge is 0.263 e. The molecule has 0 aliphatic rings. The lowest BCUT2D eigenvalue weighted by Crippen LogP contribution is -2.14. The standard InChI is InChI=1S/C11H8BrF2NO2S2/c1-6-10(5-11(12)18-6)19(16,17)15-9-3-2-7(13)4-8(9)14/h2-5,15H,1H3.